The first-order valence-electron chi connectivity index (χ1n) is 8.67. The molecule has 0 aliphatic carbocycles. The highest BCUT2D eigenvalue weighted by molar-refractivity contribution is 6.30. The number of hydrogen-bond donors (Lipinski definition) is 2. The molecule has 0 unspecified atom stereocenters. The van der Waals surface area contributed by atoms with E-state index in [4.69, 9.17) is 16.7 Å². The molecule has 0 saturated carbocycles. The molecule has 1 amide bonds. The highest BCUT2D eigenvalue weighted by Gasteiger charge is 2.25. The van der Waals surface area contributed by atoms with Crippen LogP contribution in [-0.2, 0) is 16.1 Å². The summed E-state index contributed by atoms with van der Waals surface area (Å²) in [5.74, 6) is -0.791. The van der Waals surface area contributed by atoms with Crippen LogP contribution < -0.4 is 5.32 Å². The van der Waals surface area contributed by atoms with Crippen molar-refractivity contribution < 1.29 is 14.7 Å². The minimum atomic E-state index is -0.787. The van der Waals surface area contributed by atoms with Gasteiger partial charge in [0.2, 0.25) is 5.91 Å². The zero-order chi connectivity index (χ0) is 18.2. The molecule has 0 atom stereocenters. The molecule has 25 heavy (non-hydrogen) atoms. The first-order chi connectivity index (χ1) is 12.0. The fourth-order valence-electron chi connectivity index (χ4n) is 3.22. The average molecular weight is 368 g/mol. The number of benzene rings is 1. The van der Waals surface area contributed by atoms with Crippen LogP contribution >= 0.6 is 11.6 Å². The topological polar surface area (TPSA) is 72.9 Å². The van der Waals surface area contributed by atoms with E-state index in [2.05, 4.69) is 10.2 Å². The van der Waals surface area contributed by atoms with Crippen LogP contribution in [0.1, 0.15) is 25.3 Å². The number of aliphatic carboxylic acids is 1. The number of hydrogen-bond acceptors (Lipinski definition) is 4. The third-order valence-corrected chi connectivity index (χ3v) is 4.80. The number of likely N-dealkylation sites (tertiary alicyclic amines) is 1. The summed E-state index contributed by atoms with van der Waals surface area (Å²) in [6, 6.07) is 7.73. The monoisotopic (exact) mass is 367 g/mol. The predicted molar refractivity (Wildman–Crippen MR) is 97.6 cm³/mol. The normalized spacial score (nSPS) is 16.1. The van der Waals surface area contributed by atoms with Gasteiger partial charge in [-0.25, -0.2) is 0 Å². The zero-order valence-electron chi connectivity index (χ0n) is 14.6. The van der Waals surface area contributed by atoms with Gasteiger partial charge in [0.05, 0.1) is 13.1 Å². The third-order valence-electron chi connectivity index (χ3n) is 4.56. The summed E-state index contributed by atoms with van der Waals surface area (Å²) in [5.41, 5.74) is 0.979. The van der Waals surface area contributed by atoms with Crippen molar-refractivity contribution in [3.63, 3.8) is 0 Å². The molecule has 2 rings (SSSR count). The van der Waals surface area contributed by atoms with Gasteiger partial charge in [-0.05, 0) is 37.1 Å². The summed E-state index contributed by atoms with van der Waals surface area (Å²) < 4.78 is 0. The molecule has 1 aliphatic heterocycles. The number of rotatable bonds is 8. The van der Waals surface area contributed by atoms with Crippen molar-refractivity contribution in [1.82, 2.24) is 15.1 Å². The summed E-state index contributed by atoms with van der Waals surface area (Å²) in [4.78, 5) is 27.2. The summed E-state index contributed by atoms with van der Waals surface area (Å²) in [6.07, 6.45) is 1.78. The van der Waals surface area contributed by atoms with Crippen LogP contribution in [0.3, 0.4) is 0 Å². The third kappa shape index (κ3) is 6.65. The summed E-state index contributed by atoms with van der Waals surface area (Å²) in [7, 11) is 0. The fourth-order valence-corrected chi connectivity index (χ4v) is 3.43. The average Bonchev–Trinajstić information content (AvgIpc) is 2.58. The van der Waals surface area contributed by atoms with Gasteiger partial charge in [0.25, 0.3) is 0 Å². The molecule has 0 radical (unpaired) electrons. The molecule has 7 heteroatoms. The van der Waals surface area contributed by atoms with Gasteiger partial charge in [0, 0.05) is 30.7 Å². The first kappa shape index (κ1) is 19.7. The van der Waals surface area contributed by atoms with E-state index in [9.17, 15) is 9.59 Å². The van der Waals surface area contributed by atoms with Crippen molar-refractivity contribution >= 4 is 23.5 Å². The van der Waals surface area contributed by atoms with E-state index in [1.807, 2.05) is 30.0 Å². The SMILES string of the molecule is CCN(CC(=O)O)C1CCN(CC(=O)NCc2cccc(Cl)c2)CC1. The standard InChI is InChI=1S/C18H26ClN3O3/c1-2-22(13-18(24)25)16-6-8-21(9-7-16)12-17(23)20-11-14-4-3-5-15(19)10-14/h3-5,10,16H,2,6-9,11-13H2,1H3,(H,20,23)(H,24,25). The minimum absolute atomic E-state index is 0.00342. The van der Waals surface area contributed by atoms with E-state index in [0.717, 1.165) is 38.0 Å². The van der Waals surface area contributed by atoms with Gasteiger partial charge in [-0.1, -0.05) is 30.7 Å². The molecule has 0 spiro atoms. The van der Waals surface area contributed by atoms with Crippen LogP contribution in [0.4, 0.5) is 0 Å². The van der Waals surface area contributed by atoms with Gasteiger partial charge in [0.1, 0.15) is 0 Å². The minimum Gasteiger partial charge on any atom is -0.480 e. The number of carbonyl (C=O) groups is 2. The van der Waals surface area contributed by atoms with Crippen LogP contribution in [0.2, 0.25) is 5.02 Å². The Bertz CT molecular complexity index is 589. The Hall–Kier alpha value is -1.63. The molecule has 1 heterocycles. The maximum absolute atomic E-state index is 12.1. The first-order valence-corrected chi connectivity index (χ1v) is 9.05. The van der Waals surface area contributed by atoms with Crippen molar-refractivity contribution in [3.05, 3.63) is 34.9 Å². The molecule has 1 saturated heterocycles. The molecule has 1 aromatic carbocycles. The second-order valence-corrected chi connectivity index (χ2v) is 6.81. The van der Waals surface area contributed by atoms with Crippen molar-refractivity contribution in [3.8, 4) is 0 Å². The van der Waals surface area contributed by atoms with Crippen LogP contribution in [0.15, 0.2) is 24.3 Å². The lowest BCUT2D eigenvalue weighted by Crippen LogP contribution is -2.48. The Morgan fingerprint density at radius 3 is 2.68 bits per heavy atom. The Morgan fingerprint density at radius 1 is 1.36 bits per heavy atom. The Balaban J connectivity index is 1.72. The van der Waals surface area contributed by atoms with Crippen molar-refractivity contribution in [1.29, 1.82) is 0 Å². The quantitative estimate of drug-likeness (QED) is 0.733. The van der Waals surface area contributed by atoms with Gasteiger partial charge in [-0.2, -0.15) is 0 Å². The number of piperidine rings is 1. The number of likely N-dealkylation sites (N-methyl/N-ethyl adjacent to an activating group) is 1. The number of carboxylic acid groups (broad SMARTS) is 1. The number of nitrogens with zero attached hydrogens (tertiary/aromatic N) is 2. The summed E-state index contributed by atoms with van der Waals surface area (Å²) >= 11 is 5.94. The molecule has 0 bridgehead atoms. The number of amides is 1. The zero-order valence-corrected chi connectivity index (χ0v) is 15.3. The van der Waals surface area contributed by atoms with Crippen LogP contribution in [0, 0.1) is 0 Å². The van der Waals surface area contributed by atoms with E-state index in [1.165, 1.54) is 0 Å². The number of carboxylic acids is 1. The lowest BCUT2D eigenvalue weighted by Gasteiger charge is -2.37. The predicted octanol–water partition coefficient (Wildman–Crippen LogP) is 1.83. The van der Waals surface area contributed by atoms with E-state index in [-0.39, 0.29) is 18.5 Å². The highest BCUT2D eigenvalue weighted by atomic mass is 35.5. The van der Waals surface area contributed by atoms with Gasteiger partial charge in [-0.3, -0.25) is 19.4 Å². The second kappa shape index (κ2) is 9.75. The van der Waals surface area contributed by atoms with E-state index in [0.29, 0.717) is 18.1 Å². The smallest absolute Gasteiger partial charge is 0.317 e. The van der Waals surface area contributed by atoms with Crippen LogP contribution in [0.25, 0.3) is 0 Å². The number of halogens is 1. The largest absolute Gasteiger partial charge is 0.480 e. The molecule has 2 N–H and O–H groups in total. The Morgan fingerprint density at radius 2 is 2.08 bits per heavy atom. The number of nitrogens with one attached hydrogen (secondary N) is 1. The van der Waals surface area contributed by atoms with Gasteiger partial charge < -0.3 is 10.4 Å². The molecule has 1 aromatic rings. The lowest BCUT2D eigenvalue weighted by molar-refractivity contribution is -0.139. The molecule has 1 fully saturated rings. The van der Waals surface area contributed by atoms with Crippen molar-refractivity contribution in [2.45, 2.75) is 32.4 Å². The van der Waals surface area contributed by atoms with Gasteiger partial charge >= 0.3 is 5.97 Å². The molecule has 0 aromatic heterocycles. The van der Waals surface area contributed by atoms with E-state index >= 15 is 0 Å². The Kier molecular flexibility index (Phi) is 7.68. The van der Waals surface area contributed by atoms with E-state index < -0.39 is 5.97 Å². The lowest BCUT2D eigenvalue weighted by atomic mass is 10.0. The van der Waals surface area contributed by atoms with Gasteiger partial charge in [-0.15, -0.1) is 0 Å². The second-order valence-electron chi connectivity index (χ2n) is 6.37. The fraction of sp³-hybridized carbons (Fsp3) is 0.556. The molecular formula is C18H26ClN3O3. The summed E-state index contributed by atoms with van der Waals surface area (Å²) in [6.45, 7) is 5.27. The van der Waals surface area contributed by atoms with Crippen LogP contribution in [-0.4, -0.2) is 65.5 Å². The molecular weight excluding hydrogens is 342 g/mol. The van der Waals surface area contributed by atoms with Crippen molar-refractivity contribution in [2.24, 2.45) is 0 Å². The Labute approximate surface area is 153 Å². The van der Waals surface area contributed by atoms with Gasteiger partial charge in [0.15, 0.2) is 0 Å². The maximum atomic E-state index is 12.1. The molecule has 1 aliphatic rings. The molecule has 138 valence electrons. The summed E-state index contributed by atoms with van der Waals surface area (Å²) in [5, 5.41) is 12.6. The maximum Gasteiger partial charge on any atom is 0.317 e. The highest BCUT2D eigenvalue weighted by Crippen LogP contribution is 2.16. The van der Waals surface area contributed by atoms with E-state index in [1.54, 1.807) is 6.07 Å². The van der Waals surface area contributed by atoms with Crippen LogP contribution in [0.5, 0.6) is 0 Å². The van der Waals surface area contributed by atoms with Crippen molar-refractivity contribution in [2.75, 3.05) is 32.7 Å². The molecule has 6 nitrogen and oxygen atoms in total. The number of carbonyl (C=O) groups excluding carboxylic acids is 1.